The van der Waals surface area contributed by atoms with E-state index in [2.05, 4.69) is 17.3 Å². The monoisotopic (exact) mass is 299 g/mol. The number of nitrogens with one attached hydrogen (secondary N) is 1. The molecule has 0 aromatic heterocycles. The van der Waals surface area contributed by atoms with Gasteiger partial charge >= 0.3 is 6.09 Å². The van der Waals surface area contributed by atoms with E-state index in [0.717, 1.165) is 19.5 Å². The molecule has 5 nitrogen and oxygen atoms in total. The second kappa shape index (κ2) is 8.59. The zero-order chi connectivity index (χ0) is 15.9. The Hall–Kier alpha value is -0.810. The number of hydrogen-bond donors (Lipinski definition) is 1. The Morgan fingerprint density at radius 2 is 1.95 bits per heavy atom. The van der Waals surface area contributed by atoms with Gasteiger partial charge in [0.25, 0.3) is 0 Å². The van der Waals surface area contributed by atoms with Crippen LogP contribution in [0.3, 0.4) is 0 Å². The highest BCUT2D eigenvalue weighted by molar-refractivity contribution is 5.68. The van der Waals surface area contributed by atoms with Gasteiger partial charge in [0.2, 0.25) is 0 Å². The fraction of sp³-hybridized carbons (Fsp3) is 0.938. The summed E-state index contributed by atoms with van der Waals surface area (Å²) in [4.78, 5) is 16.2. The van der Waals surface area contributed by atoms with Crippen LogP contribution in [0.25, 0.3) is 0 Å². The molecule has 1 saturated heterocycles. The Kier molecular flexibility index (Phi) is 7.46. The minimum absolute atomic E-state index is 0.204. The van der Waals surface area contributed by atoms with E-state index in [9.17, 15) is 4.79 Å². The summed E-state index contributed by atoms with van der Waals surface area (Å²) in [5.41, 5.74) is -0.420. The van der Waals surface area contributed by atoms with Gasteiger partial charge in [0.1, 0.15) is 5.60 Å². The molecule has 1 N–H and O–H groups in total. The van der Waals surface area contributed by atoms with Crippen LogP contribution in [0, 0.1) is 0 Å². The van der Waals surface area contributed by atoms with Gasteiger partial charge in [-0.3, -0.25) is 0 Å². The number of amides is 1. The van der Waals surface area contributed by atoms with Crippen LogP contribution in [0.5, 0.6) is 0 Å². The van der Waals surface area contributed by atoms with Crippen molar-refractivity contribution in [1.29, 1.82) is 0 Å². The Morgan fingerprint density at radius 3 is 2.48 bits per heavy atom. The molecule has 1 rings (SSSR count). The van der Waals surface area contributed by atoms with E-state index < -0.39 is 5.60 Å². The number of likely N-dealkylation sites (tertiary alicyclic amines) is 1. The zero-order valence-electron chi connectivity index (χ0n) is 14.4. The molecular formula is C16H33N3O2. The van der Waals surface area contributed by atoms with Crippen molar-refractivity contribution >= 4 is 6.09 Å². The molecule has 1 aliphatic rings. The van der Waals surface area contributed by atoms with E-state index in [1.165, 1.54) is 25.9 Å². The summed E-state index contributed by atoms with van der Waals surface area (Å²) in [6, 6.07) is 0.637. The van der Waals surface area contributed by atoms with Crippen LogP contribution in [0.15, 0.2) is 0 Å². The number of carbonyl (C=O) groups excluding carboxylic acids is 1. The van der Waals surface area contributed by atoms with Crippen molar-refractivity contribution in [2.24, 2.45) is 0 Å². The van der Waals surface area contributed by atoms with E-state index in [-0.39, 0.29) is 6.09 Å². The Morgan fingerprint density at radius 1 is 1.33 bits per heavy atom. The second-order valence-electron chi connectivity index (χ2n) is 6.95. The lowest BCUT2D eigenvalue weighted by molar-refractivity contribution is 0.0258. The summed E-state index contributed by atoms with van der Waals surface area (Å²) < 4.78 is 5.41. The molecule has 5 heteroatoms. The maximum absolute atomic E-state index is 12.0. The molecule has 124 valence electrons. The number of nitrogens with zero attached hydrogens (tertiary/aromatic N) is 2. The average Bonchev–Trinajstić information content (AvgIpc) is 2.38. The SMILES string of the molecule is CCN(CCCNC1CCN(C)CC1)C(=O)OC(C)(C)C. The smallest absolute Gasteiger partial charge is 0.410 e. The van der Waals surface area contributed by atoms with Gasteiger partial charge in [-0.15, -0.1) is 0 Å². The normalized spacial score (nSPS) is 17.8. The van der Waals surface area contributed by atoms with Gasteiger partial charge in [-0.2, -0.15) is 0 Å². The van der Waals surface area contributed by atoms with Crippen LogP contribution < -0.4 is 5.32 Å². The largest absolute Gasteiger partial charge is 0.444 e. The number of carbonyl (C=O) groups is 1. The number of hydrogen-bond acceptors (Lipinski definition) is 4. The van der Waals surface area contributed by atoms with Crippen molar-refractivity contribution in [3.63, 3.8) is 0 Å². The minimum atomic E-state index is -0.420. The van der Waals surface area contributed by atoms with Crippen molar-refractivity contribution in [2.75, 3.05) is 39.8 Å². The van der Waals surface area contributed by atoms with Crippen LogP contribution in [0.2, 0.25) is 0 Å². The molecule has 1 aliphatic heterocycles. The van der Waals surface area contributed by atoms with Crippen LogP contribution in [0.4, 0.5) is 4.79 Å². The standard InChI is InChI=1S/C16H33N3O2/c1-6-19(15(20)21-16(2,3)4)11-7-10-17-14-8-12-18(5)13-9-14/h14,17H,6-13H2,1-5H3. The predicted octanol–water partition coefficient (Wildman–Crippen LogP) is 2.32. The first-order valence-electron chi connectivity index (χ1n) is 8.21. The Labute approximate surface area is 130 Å². The molecule has 1 heterocycles. The molecule has 0 aliphatic carbocycles. The third-order valence-corrected chi connectivity index (χ3v) is 3.79. The maximum Gasteiger partial charge on any atom is 0.410 e. The Balaban J connectivity index is 2.18. The van der Waals surface area contributed by atoms with Gasteiger partial charge in [-0.25, -0.2) is 4.79 Å². The van der Waals surface area contributed by atoms with E-state index in [1.54, 1.807) is 4.90 Å². The molecule has 21 heavy (non-hydrogen) atoms. The van der Waals surface area contributed by atoms with Crippen LogP contribution in [-0.4, -0.2) is 67.3 Å². The van der Waals surface area contributed by atoms with E-state index >= 15 is 0 Å². The highest BCUT2D eigenvalue weighted by Gasteiger charge is 2.21. The maximum atomic E-state index is 12.0. The molecule has 0 bridgehead atoms. The second-order valence-corrected chi connectivity index (χ2v) is 6.95. The van der Waals surface area contributed by atoms with Crippen molar-refractivity contribution in [3.05, 3.63) is 0 Å². The lowest BCUT2D eigenvalue weighted by Crippen LogP contribution is -2.42. The highest BCUT2D eigenvalue weighted by atomic mass is 16.6. The van der Waals surface area contributed by atoms with Crippen LogP contribution in [-0.2, 0) is 4.74 Å². The lowest BCUT2D eigenvalue weighted by atomic mass is 10.1. The summed E-state index contributed by atoms with van der Waals surface area (Å²) in [5.74, 6) is 0. The molecule has 1 fully saturated rings. The first-order valence-corrected chi connectivity index (χ1v) is 8.21. The van der Waals surface area contributed by atoms with Gasteiger partial charge in [0, 0.05) is 19.1 Å². The predicted molar refractivity (Wildman–Crippen MR) is 86.6 cm³/mol. The van der Waals surface area contributed by atoms with Crippen LogP contribution in [0.1, 0.15) is 47.0 Å². The molecule has 0 spiro atoms. The molecule has 1 amide bonds. The third kappa shape index (κ3) is 7.67. The lowest BCUT2D eigenvalue weighted by Gasteiger charge is -2.30. The molecule has 0 unspecified atom stereocenters. The highest BCUT2D eigenvalue weighted by Crippen LogP contribution is 2.10. The van der Waals surface area contributed by atoms with Gasteiger partial charge in [-0.05, 0) is 73.6 Å². The van der Waals surface area contributed by atoms with E-state index in [4.69, 9.17) is 4.74 Å². The third-order valence-electron chi connectivity index (χ3n) is 3.79. The summed E-state index contributed by atoms with van der Waals surface area (Å²) >= 11 is 0. The first-order chi connectivity index (χ1) is 9.81. The summed E-state index contributed by atoms with van der Waals surface area (Å²) in [6.07, 6.45) is 3.21. The van der Waals surface area contributed by atoms with E-state index in [0.29, 0.717) is 12.6 Å². The first kappa shape index (κ1) is 18.2. The van der Waals surface area contributed by atoms with Crippen molar-refractivity contribution in [3.8, 4) is 0 Å². The summed E-state index contributed by atoms with van der Waals surface area (Å²) in [6.45, 7) is 12.5. The molecule has 0 aromatic rings. The van der Waals surface area contributed by atoms with Crippen molar-refractivity contribution < 1.29 is 9.53 Å². The number of rotatable bonds is 6. The number of piperidine rings is 1. The topological polar surface area (TPSA) is 44.8 Å². The minimum Gasteiger partial charge on any atom is -0.444 e. The van der Waals surface area contributed by atoms with E-state index in [1.807, 2.05) is 27.7 Å². The van der Waals surface area contributed by atoms with Gasteiger partial charge in [0.15, 0.2) is 0 Å². The fourth-order valence-electron chi connectivity index (χ4n) is 2.49. The fourth-order valence-corrected chi connectivity index (χ4v) is 2.49. The quantitative estimate of drug-likeness (QED) is 0.765. The summed E-state index contributed by atoms with van der Waals surface area (Å²) in [7, 11) is 2.18. The van der Waals surface area contributed by atoms with Crippen molar-refractivity contribution in [2.45, 2.75) is 58.6 Å². The van der Waals surface area contributed by atoms with Gasteiger partial charge in [-0.1, -0.05) is 0 Å². The Bertz CT molecular complexity index is 307. The molecule has 0 radical (unpaired) electrons. The van der Waals surface area contributed by atoms with Gasteiger partial charge in [0.05, 0.1) is 0 Å². The average molecular weight is 299 g/mol. The molecular weight excluding hydrogens is 266 g/mol. The van der Waals surface area contributed by atoms with Crippen LogP contribution >= 0.6 is 0 Å². The molecule has 0 atom stereocenters. The molecule has 0 aromatic carbocycles. The molecule has 0 saturated carbocycles. The summed E-state index contributed by atoms with van der Waals surface area (Å²) in [5, 5.41) is 3.60. The zero-order valence-corrected chi connectivity index (χ0v) is 14.4. The van der Waals surface area contributed by atoms with Gasteiger partial charge < -0.3 is 19.9 Å². The van der Waals surface area contributed by atoms with Crippen molar-refractivity contribution in [1.82, 2.24) is 15.1 Å². The number of ether oxygens (including phenoxy) is 1.